The van der Waals surface area contributed by atoms with Crippen LogP contribution >= 0.6 is 15.9 Å². The number of hydrogen-bond acceptors (Lipinski definition) is 4. The number of halogens is 1. The van der Waals surface area contributed by atoms with Gasteiger partial charge in [-0.05, 0) is 49.4 Å². The minimum atomic E-state index is -3.69. The Morgan fingerprint density at radius 1 is 1.30 bits per heavy atom. The summed E-state index contributed by atoms with van der Waals surface area (Å²) in [6.07, 6.45) is 1.41. The van der Waals surface area contributed by atoms with Gasteiger partial charge in [0.05, 0.1) is 10.8 Å². The van der Waals surface area contributed by atoms with Gasteiger partial charge in [-0.3, -0.25) is 4.79 Å². The van der Waals surface area contributed by atoms with E-state index in [9.17, 15) is 23.1 Å². The van der Waals surface area contributed by atoms with Crippen LogP contribution in [0.1, 0.15) is 33.1 Å². The number of amides is 1. The standard InChI is InChI=1S/C18H25BrN2O5S/c1-12(2)10-16(18(23)24)20-17(22)13-4-3-9-21(11-13)27(25,26)15-7-5-14(19)6-8-15/h5-8,12-13,16H,3-4,9-11H2,1-2H3,(H,20,22)(H,23,24)/t13?,16-/m1/s1. The van der Waals surface area contributed by atoms with E-state index < -0.39 is 33.9 Å². The first-order chi connectivity index (χ1) is 12.6. The molecule has 0 spiro atoms. The highest BCUT2D eigenvalue weighted by Gasteiger charge is 2.34. The Bertz CT molecular complexity index is 779. The molecule has 2 N–H and O–H groups in total. The number of piperidine rings is 1. The van der Waals surface area contributed by atoms with E-state index in [1.54, 1.807) is 12.1 Å². The van der Waals surface area contributed by atoms with E-state index in [1.165, 1.54) is 16.4 Å². The lowest BCUT2D eigenvalue weighted by atomic mass is 9.97. The van der Waals surface area contributed by atoms with Crippen LogP contribution in [0.4, 0.5) is 0 Å². The summed E-state index contributed by atoms with van der Waals surface area (Å²) >= 11 is 3.28. The molecule has 1 heterocycles. The van der Waals surface area contributed by atoms with E-state index in [4.69, 9.17) is 0 Å². The van der Waals surface area contributed by atoms with E-state index in [0.717, 1.165) is 4.47 Å². The predicted molar refractivity (Wildman–Crippen MR) is 105 cm³/mol. The molecule has 0 bridgehead atoms. The summed E-state index contributed by atoms with van der Waals surface area (Å²) in [7, 11) is -3.69. The summed E-state index contributed by atoms with van der Waals surface area (Å²) in [5, 5.41) is 11.9. The van der Waals surface area contributed by atoms with Gasteiger partial charge in [0, 0.05) is 17.6 Å². The second-order valence-corrected chi connectivity index (χ2v) is 10.0. The highest BCUT2D eigenvalue weighted by molar-refractivity contribution is 9.10. The molecule has 0 saturated carbocycles. The third-order valence-corrected chi connectivity index (χ3v) is 6.94. The molecule has 1 aliphatic heterocycles. The van der Waals surface area contributed by atoms with Crippen LogP contribution in [-0.2, 0) is 19.6 Å². The second-order valence-electron chi connectivity index (χ2n) is 7.19. The van der Waals surface area contributed by atoms with Crippen LogP contribution in [0, 0.1) is 11.8 Å². The molecule has 2 rings (SSSR count). The van der Waals surface area contributed by atoms with Crippen molar-refractivity contribution in [3.63, 3.8) is 0 Å². The fourth-order valence-corrected chi connectivity index (χ4v) is 4.90. The minimum Gasteiger partial charge on any atom is -0.480 e. The Morgan fingerprint density at radius 2 is 1.93 bits per heavy atom. The molecule has 150 valence electrons. The number of aliphatic carboxylic acids is 1. The number of carbonyl (C=O) groups excluding carboxylic acids is 1. The van der Waals surface area contributed by atoms with Gasteiger partial charge < -0.3 is 10.4 Å². The van der Waals surface area contributed by atoms with E-state index in [2.05, 4.69) is 21.2 Å². The Balaban J connectivity index is 2.09. The van der Waals surface area contributed by atoms with Gasteiger partial charge in [0.15, 0.2) is 0 Å². The van der Waals surface area contributed by atoms with Gasteiger partial charge in [-0.25, -0.2) is 13.2 Å². The van der Waals surface area contributed by atoms with Crippen LogP contribution in [-0.4, -0.2) is 48.8 Å². The van der Waals surface area contributed by atoms with Crippen molar-refractivity contribution in [2.24, 2.45) is 11.8 Å². The molecule has 0 radical (unpaired) electrons. The minimum absolute atomic E-state index is 0.0538. The molecule has 9 heteroatoms. The maximum atomic E-state index is 12.8. The highest BCUT2D eigenvalue weighted by Crippen LogP contribution is 2.25. The van der Waals surface area contributed by atoms with Gasteiger partial charge in [0.2, 0.25) is 15.9 Å². The maximum Gasteiger partial charge on any atom is 0.326 e. The Kier molecular flexibility index (Phi) is 7.41. The van der Waals surface area contributed by atoms with Crippen molar-refractivity contribution in [2.45, 2.75) is 44.0 Å². The second kappa shape index (κ2) is 9.16. The first kappa shape index (κ1) is 21.8. The lowest BCUT2D eigenvalue weighted by Crippen LogP contribution is -2.49. The molecule has 1 aromatic rings. The summed E-state index contributed by atoms with van der Waals surface area (Å²) in [6.45, 7) is 4.17. The zero-order valence-corrected chi connectivity index (χ0v) is 17.8. The zero-order chi connectivity index (χ0) is 20.2. The quantitative estimate of drug-likeness (QED) is 0.650. The number of carboxylic acids is 1. The molecule has 27 heavy (non-hydrogen) atoms. The number of sulfonamides is 1. The van der Waals surface area contributed by atoms with Gasteiger partial charge in [0.25, 0.3) is 0 Å². The molecule has 7 nitrogen and oxygen atoms in total. The average Bonchev–Trinajstić information content (AvgIpc) is 2.61. The lowest BCUT2D eigenvalue weighted by Gasteiger charge is -2.32. The first-order valence-electron chi connectivity index (χ1n) is 8.90. The van der Waals surface area contributed by atoms with Gasteiger partial charge in [-0.2, -0.15) is 4.31 Å². The normalized spacial score (nSPS) is 19.6. The van der Waals surface area contributed by atoms with Crippen molar-refractivity contribution >= 4 is 37.8 Å². The number of nitrogens with one attached hydrogen (secondary N) is 1. The summed E-state index contributed by atoms with van der Waals surface area (Å²) < 4.78 is 27.7. The molecule has 1 unspecified atom stereocenters. The van der Waals surface area contributed by atoms with E-state index in [0.29, 0.717) is 25.8 Å². The van der Waals surface area contributed by atoms with Crippen molar-refractivity contribution in [1.29, 1.82) is 0 Å². The number of rotatable bonds is 7. The largest absolute Gasteiger partial charge is 0.480 e. The van der Waals surface area contributed by atoms with Crippen molar-refractivity contribution < 1.29 is 23.1 Å². The summed E-state index contributed by atoms with van der Waals surface area (Å²) in [5.74, 6) is -1.92. The predicted octanol–water partition coefficient (Wildman–Crippen LogP) is 2.47. The molecule has 1 aliphatic rings. The summed E-state index contributed by atoms with van der Waals surface area (Å²) in [4.78, 5) is 24.1. The summed E-state index contributed by atoms with van der Waals surface area (Å²) in [6, 6.07) is 5.39. The highest BCUT2D eigenvalue weighted by atomic mass is 79.9. The first-order valence-corrected chi connectivity index (χ1v) is 11.1. The third-order valence-electron chi connectivity index (χ3n) is 4.53. The van der Waals surface area contributed by atoms with Crippen molar-refractivity contribution in [1.82, 2.24) is 9.62 Å². The van der Waals surface area contributed by atoms with Gasteiger partial charge in [-0.15, -0.1) is 0 Å². The molecule has 1 saturated heterocycles. The third kappa shape index (κ3) is 5.76. The number of carboxylic acid groups (broad SMARTS) is 1. The van der Waals surface area contributed by atoms with Crippen LogP contribution in [0.5, 0.6) is 0 Å². The van der Waals surface area contributed by atoms with E-state index in [1.807, 2.05) is 13.8 Å². The van der Waals surface area contributed by atoms with Crippen molar-refractivity contribution in [3.05, 3.63) is 28.7 Å². The molecule has 2 atom stereocenters. The Labute approximate surface area is 168 Å². The number of benzene rings is 1. The van der Waals surface area contributed by atoms with Gasteiger partial charge in [0.1, 0.15) is 6.04 Å². The van der Waals surface area contributed by atoms with Crippen LogP contribution in [0.3, 0.4) is 0 Å². The van der Waals surface area contributed by atoms with Crippen molar-refractivity contribution in [3.8, 4) is 0 Å². The van der Waals surface area contributed by atoms with Crippen LogP contribution in [0.2, 0.25) is 0 Å². The van der Waals surface area contributed by atoms with Gasteiger partial charge in [-0.1, -0.05) is 29.8 Å². The molecular weight excluding hydrogens is 436 g/mol. The fourth-order valence-electron chi connectivity index (χ4n) is 3.11. The van der Waals surface area contributed by atoms with Crippen LogP contribution in [0.25, 0.3) is 0 Å². The number of hydrogen-bond donors (Lipinski definition) is 2. The van der Waals surface area contributed by atoms with Crippen molar-refractivity contribution in [2.75, 3.05) is 13.1 Å². The Morgan fingerprint density at radius 3 is 2.48 bits per heavy atom. The van der Waals surface area contributed by atoms with E-state index in [-0.39, 0.29) is 17.4 Å². The lowest BCUT2D eigenvalue weighted by molar-refractivity contribution is -0.143. The topological polar surface area (TPSA) is 104 Å². The number of carbonyl (C=O) groups is 2. The maximum absolute atomic E-state index is 12.8. The average molecular weight is 461 g/mol. The fraction of sp³-hybridized carbons (Fsp3) is 0.556. The zero-order valence-electron chi connectivity index (χ0n) is 15.4. The molecule has 1 aromatic carbocycles. The van der Waals surface area contributed by atoms with Gasteiger partial charge >= 0.3 is 5.97 Å². The summed E-state index contributed by atoms with van der Waals surface area (Å²) in [5.41, 5.74) is 0. The molecule has 1 amide bonds. The van der Waals surface area contributed by atoms with Crippen LogP contribution < -0.4 is 5.32 Å². The molecule has 0 aliphatic carbocycles. The van der Waals surface area contributed by atoms with E-state index >= 15 is 0 Å². The molecule has 1 fully saturated rings. The Hall–Kier alpha value is -1.45. The van der Waals surface area contributed by atoms with Crippen LogP contribution in [0.15, 0.2) is 33.6 Å². The molecular formula is C18H25BrN2O5S. The SMILES string of the molecule is CC(C)C[C@@H](NC(=O)C1CCCN(S(=O)(=O)c2ccc(Br)cc2)C1)C(=O)O. The molecule has 0 aromatic heterocycles. The smallest absolute Gasteiger partial charge is 0.326 e. The monoisotopic (exact) mass is 460 g/mol. The number of nitrogens with zero attached hydrogens (tertiary/aromatic N) is 1.